The van der Waals surface area contributed by atoms with Gasteiger partial charge in [-0.3, -0.25) is 9.48 Å². The van der Waals surface area contributed by atoms with Crippen LogP contribution in [0.1, 0.15) is 46.7 Å². The molecule has 15 heteroatoms. The van der Waals surface area contributed by atoms with Crippen molar-refractivity contribution in [3.05, 3.63) is 11.9 Å². The van der Waals surface area contributed by atoms with Crippen LogP contribution in [0, 0.1) is 11.3 Å². The summed E-state index contributed by atoms with van der Waals surface area (Å²) < 4.78 is 24.6. The van der Waals surface area contributed by atoms with Crippen LogP contribution in [0.25, 0.3) is 0 Å². The van der Waals surface area contributed by atoms with E-state index in [2.05, 4.69) is 43.3 Å². The van der Waals surface area contributed by atoms with Gasteiger partial charge in [0.05, 0.1) is 25.5 Å². The summed E-state index contributed by atoms with van der Waals surface area (Å²) >= 11 is 0. The molecule has 2 aliphatic heterocycles. The maximum absolute atomic E-state index is 12.1. The van der Waals surface area contributed by atoms with Crippen LogP contribution in [0.4, 0.5) is 0 Å². The Hall–Kier alpha value is -1.79. The van der Waals surface area contributed by atoms with Crippen molar-refractivity contribution in [2.45, 2.75) is 115 Å². The molecule has 41 heavy (non-hydrogen) atoms. The third-order valence-electron chi connectivity index (χ3n) is 7.76. The summed E-state index contributed by atoms with van der Waals surface area (Å²) in [5.74, 6) is -0.0815. The van der Waals surface area contributed by atoms with E-state index in [9.17, 15) is 35.4 Å². The fourth-order valence-electron chi connectivity index (χ4n) is 4.68. The first-order valence-corrected chi connectivity index (χ1v) is 13.9. The molecule has 2 aliphatic rings. The van der Waals surface area contributed by atoms with Crippen LogP contribution >= 0.6 is 0 Å². The monoisotopic (exact) mass is 590 g/mol. The second kappa shape index (κ2) is 14.6. The molecule has 1 aromatic rings. The zero-order chi connectivity index (χ0) is 30.5. The highest BCUT2D eigenvalue weighted by atomic mass is 16.7. The minimum absolute atomic E-state index is 0.145. The molecule has 15 nitrogen and oxygen atoms in total. The Morgan fingerprint density at radius 1 is 1.05 bits per heavy atom. The van der Waals surface area contributed by atoms with Crippen LogP contribution < -0.4 is 5.32 Å². The van der Waals surface area contributed by atoms with Crippen molar-refractivity contribution in [3.63, 3.8) is 0 Å². The number of amides is 1. The van der Waals surface area contributed by atoms with Crippen LogP contribution in [0.2, 0.25) is 0 Å². The van der Waals surface area contributed by atoms with E-state index in [1.165, 1.54) is 6.92 Å². The summed E-state index contributed by atoms with van der Waals surface area (Å²) in [5, 5.41) is 71.9. The van der Waals surface area contributed by atoms with Gasteiger partial charge in [0.1, 0.15) is 48.8 Å². The Bertz CT molecular complexity index is 958. The fraction of sp³-hybridized carbons (Fsp3) is 0.885. The summed E-state index contributed by atoms with van der Waals surface area (Å²) in [6, 6.07) is -1.12. The third kappa shape index (κ3) is 8.63. The maximum atomic E-state index is 12.1. The average molecular weight is 591 g/mol. The van der Waals surface area contributed by atoms with E-state index in [1.54, 1.807) is 4.68 Å². The molecule has 7 N–H and O–H groups in total. The summed E-state index contributed by atoms with van der Waals surface area (Å²) in [6.45, 7) is 9.31. The Morgan fingerprint density at radius 3 is 2.29 bits per heavy atom. The minimum Gasteiger partial charge on any atom is -0.394 e. The van der Waals surface area contributed by atoms with Crippen molar-refractivity contribution in [2.75, 3.05) is 19.8 Å². The van der Waals surface area contributed by atoms with Crippen molar-refractivity contribution in [1.29, 1.82) is 0 Å². The lowest BCUT2D eigenvalue weighted by Gasteiger charge is -2.47. The Morgan fingerprint density at radius 2 is 1.68 bits per heavy atom. The van der Waals surface area contributed by atoms with Gasteiger partial charge in [0.15, 0.2) is 12.6 Å². The molecule has 0 radical (unpaired) electrons. The summed E-state index contributed by atoms with van der Waals surface area (Å²) in [7, 11) is 0. The molecule has 0 aromatic carbocycles. The Labute approximate surface area is 239 Å². The van der Waals surface area contributed by atoms with Gasteiger partial charge in [0.2, 0.25) is 5.91 Å². The van der Waals surface area contributed by atoms with Crippen LogP contribution in [-0.2, 0) is 36.7 Å². The van der Waals surface area contributed by atoms with E-state index >= 15 is 0 Å². The third-order valence-corrected chi connectivity index (χ3v) is 7.76. The second-order valence-corrected chi connectivity index (χ2v) is 11.9. The number of nitrogens with one attached hydrogen (secondary N) is 1. The summed E-state index contributed by atoms with van der Waals surface area (Å²) in [6.07, 6.45) is -9.91. The van der Waals surface area contributed by atoms with Crippen molar-refractivity contribution < 1.29 is 54.4 Å². The smallest absolute Gasteiger partial charge is 0.217 e. The zero-order valence-electron chi connectivity index (χ0n) is 24.2. The van der Waals surface area contributed by atoms with E-state index in [0.29, 0.717) is 18.9 Å². The maximum Gasteiger partial charge on any atom is 0.217 e. The lowest BCUT2D eigenvalue weighted by molar-refractivity contribution is -0.344. The largest absolute Gasteiger partial charge is 0.394 e. The van der Waals surface area contributed by atoms with Gasteiger partial charge in [-0.1, -0.05) is 32.9 Å². The first kappa shape index (κ1) is 33.7. The van der Waals surface area contributed by atoms with E-state index in [-0.39, 0.29) is 12.0 Å². The van der Waals surface area contributed by atoms with Crippen molar-refractivity contribution in [3.8, 4) is 0 Å². The quantitative estimate of drug-likeness (QED) is 0.127. The van der Waals surface area contributed by atoms with Gasteiger partial charge >= 0.3 is 0 Å². The normalized spacial score (nSPS) is 35.3. The van der Waals surface area contributed by atoms with Gasteiger partial charge in [0, 0.05) is 19.7 Å². The van der Waals surface area contributed by atoms with Crippen LogP contribution in [0.5, 0.6) is 0 Å². The summed E-state index contributed by atoms with van der Waals surface area (Å²) in [4.78, 5) is 12.1. The molecule has 0 spiro atoms. The molecule has 2 fully saturated rings. The van der Waals surface area contributed by atoms with Crippen LogP contribution in [0.15, 0.2) is 6.20 Å². The SMILES string of the molecule is CC(=O)NC1[C@@H](OCCCn2cc(CC(C)C(C)(C)C)nn2)OC(CO)[C@H](O)[C@@H]1O[C@@H]1OC(CO)[C@H](O)C(O)[C@@H]1O. The molecule has 0 bridgehead atoms. The number of hydrogen-bond donors (Lipinski definition) is 7. The standard InChI is InChI=1S/C26H46N4O11/c1-13(26(3,4)5)9-15-10-30(29-28-15)7-6-8-38-24-18(27-14(2)33)23(20(35)17(12-32)39-24)41-25-22(37)21(36)19(34)16(11-31)40-25/h10,13,16-25,31-32,34-37H,6-9,11-12H2,1-5H3,(H,27,33)/t13?,16?,17?,18?,19-,20-,21?,22-,23+,24-,25-/m0/s1. The number of hydrogen-bond acceptors (Lipinski definition) is 13. The molecule has 236 valence electrons. The molecular weight excluding hydrogens is 544 g/mol. The minimum atomic E-state index is -1.74. The van der Waals surface area contributed by atoms with Crippen molar-refractivity contribution in [1.82, 2.24) is 20.3 Å². The predicted octanol–water partition coefficient (Wildman–Crippen LogP) is -2.32. The number of carbonyl (C=O) groups excluding carboxylic acids is 1. The first-order valence-electron chi connectivity index (χ1n) is 13.9. The fourth-order valence-corrected chi connectivity index (χ4v) is 4.68. The van der Waals surface area contributed by atoms with Gasteiger partial charge in [-0.2, -0.15) is 0 Å². The van der Waals surface area contributed by atoms with E-state index in [4.69, 9.17) is 18.9 Å². The summed E-state index contributed by atoms with van der Waals surface area (Å²) in [5.41, 5.74) is 1.04. The van der Waals surface area contributed by atoms with E-state index in [0.717, 1.165) is 12.1 Å². The van der Waals surface area contributed by atoms with E-state index in [1.807, 2.05) is 6.20 Å². The number of aliphatic hydroxyl groups excluding tert-OH is 6. The van der Waals surface area contributed by atoms with Crippen LogP contribution in [0.3, 0.4) is 0 Å². The molecule has 0 saturated carbocycles. The Kier molecular flexibility index (Phi) is 12.0. The molecule has 1 aromatic heterocycles. The zero-order valence-corrected chi connectivity index (χ0v) is 24.2. The highest BCUT2D eigenvalue weighted by Crippen LogP contribution is 2.30. The highest BCUT2D eigenvalue weighted by Gasteiger charge is 2.51. The Balaban J connectivity index is 1.66. The molecule has 3 rings (SSSR count). The topological polar surface area (TPSA) is 218 Å². The number of aromatic nitrogens is 3. The lowest BCUT2D eigenvalue weighted by Crippen LogP contribution is -2.68. The van der Waals surface area contributed by atoms with Gasteiger partial charge in [0.25, 0.3) is 0 Å². The van der Waals surface area contributed by atoms with Gasteiger partial charge in [-0.15, -0.1) is 5.10 Å². The number of carbonyl (C=O) groups is 1. The highest BCUT2D eigenvalue weighted by molar-refractivity contribution is 5.73. The molecule has 3 heterocycles. The first-order chi connectivity index (χ1) is 19.3. The lowest BCUT2D eigenvalue weighted by atomic mass is 9.79. The van der Waals surface area contributed by atoms with Gasteiger partial charge < -0.3 is 54.9 Å². The van der Waals surface area contributed by atoms with Gasteiger partial charge in [-0.25, -0.2) is 0 Å². The van der Waals surface area contributed by atoms with Gasteiger partial charge in [-0.05, 0) is 24.2 Å². The second-order valence-electron chi connectivity index (χ2n) is 11.9. The molecule has 5 unspecified atom stereocenters. The number of aliphatic hydroxyl groups is 6. The molecule has 11 atom stereocenters. The predicted molar refractivity (Wildman–Crippen MR) is 141 cm³/mol. The number of rotatable bonds is 12. The van der Waals surface area contributed by atoms with E-state index < -0.39 is 80.5 Å². The number of aryl methyl sites for hydroxylation is 1. The molecular formula is C26H46N4O11. The van der Waals surface area contributed by atoms with Crippen molar-refractivity contribution in [2.24, 2.45) is 11.3 Å². The van der Waals surface area contributed by atoms with Crippen molar-refractivity contribution >= 4 is 5.91 Å². The molecule has 2 saturated heterocycles. The average Bonchev–Trinajstić information content (AvgIpc) is 3.35. The molecule has 0 aliphatic carbocycles. The number of nitrogens with zero attached hydrogens (tertiary/aromatic N) is 3. The van der Waals surface area contributed by atoms with Crippen LogP contribution in [-0.4, -0.2) is 133 Å². The molecule has 1 amide bonds. The number of ether oxygens (including phenoxy) is 4.